The summed E-state index contributed by atoms with van der Waals surface area (Å²) in [5.74, 6) is 6.05. The summed E-state index contributed by atoms with van der Waals surface area (Å²) < 4.78 is 5.48. The molecule has 0 atom stereocenters. The molecule has 0 fully saturated rings. The smallest absolute Gasteiger partial charge is 0.236 e. The molecule has 0 bridgehead atoms. The predicted molar refractivity (Wildman–Crippen MR) is 62.9 cm³/mol. The summed E-state index contributed by atoms with van der Waals surface area (Å²) in [7, 11) is 1.54. The second-order valence-electron chi connectivity index (χ2n) is 3.77. The van der Waals surface area contributed by atoms with Crippen LogP contribution >= 0.6 is 0 Å². The predicted octanol–water partition coefficient (Wildman–Crippen LogP) is 1.49. The number of benzene rings is 1. The van der Waals surface area contributed by atoms with Gasteiger partial charge in [0.2, 0.25) is 5.91 Å². The Balaban J connectivity index is 2.21. The van der Waals surface area contributed by atoms with Gasteiger partial charge in [-0.15, -0.1) is 0 Å². The van der Waals surface area contributed by atoms with E-state index in [-0.39, 0.29) is 5.91 Å². The van der Waals surface area contributed by atoms with Crippen molar-refractivity contribution in [2.24, 2.45) is 5.84 Å². The molecule has 0 unspecified atom stereocenters. The minimum atomic E-state index is -0.0764. The van der Waals surface area contributed by atoms with E-state index in [1.807, 2.05) is 31.2 Å². The fourth-order valence-corrected chi connectivity index (χ4v) is 1.22. The molecule has 4 nitrogen and oxygen atoms in total. The van der Waals surface area contributed by atoms with Gasteiger partial charge in [0, 0.05) is 13.5 Å². The number of carbonyl (C=O) groups excluding carboxylic acids is 1. The van der Waals surface area contributed by atoms with Gasteiger partial charge in [0.1, 0.15) is 5.75 Å². The maximum atomic E-state index is 11.1. The zero-order valence-electron chi connectivity index (χ0n) is 9.77. The fraction of sp³-hybridized carbons (Fsp3) is 0.417. The van der Waals surface area contributed by atoms with Gasteiger partial charge in [-0.2, -0.15) is 0 Å². The first-order chi connectivity index (χ1) is 7.59. The summed E-state index contributed by atoms with van der Waals surface area (Å²) in [5.41, 5.74) is 1.20. The van der Waals surface area contributed by atoms with Crippen molar-refractivity contribution in [1.29, 1.82) is 0 Å². The van der Waals surface area contributed by atoms with Crippen molar-refractivity contribution in [3.8, 4) is 5.75 Å². The normalized spacial score (nSPS) is 9.94. The Labute approximate surface area is 96.0 Å². The van der Waals surface area contributed by atoms with Crippen LogP contribution in [0.4, 0.5) is 0 Å². The van der Waals surface area contributed by atoms with Crippen molar-refractivity contribution in [1.82, 2.24) is 5.01 Å². The molecule has 1 rings (SSSR count). The van der Waals surface area contributed by atoms with E-state index < -0.39 is 0 Å². The highest BCUT2D eigenvalue weighted by Crippen LogP contribution is 2.11. The van der Waals surface area contributed by atoms with Crippen molar-refractivity contribution in [2.45, 2.75) is 19.8 Å². The third-order valence-corrected chi connectivity index (χ3v) is 2.22. The Morgan fingerprint density at radius 3 is 2.56 bits per heavy atom. The first-order valence-electron chi connectivity index (χ1n) is 5.30. The number of carbonyl (C=O) groups is 1. The molecule has 0 aromatic heterocycles. The Morgan fingerprint density at radius 1 is 1.38 bits per heavy atom. The lowest BCUT2D eigenvalue weighted by atomic mass is 10.2. The van der Waals surface area contributed by atoms with Crippen molar-refractivity contribution < 1.29 is 9.53 Å². The third kappa shape index (κ3) is 4.31. The number of hydrogen-bond acceptors (Lipinski definition) is 3. The van der Waals surface area contributed by atoms with Crippen LogP contribution in [0.5, 0.6) is 5.75 Å². The average molecular weight is 222 g/mol. The van der Waals surface area contributed by atoms with Gasteiger partial charge in [-0.25, -0.2) is 5.84 Å². The SMILES string of the molecule is Cc1ccc(OCCCC(=O)N(C)N)cc1. The molecule has 0 spiro atoms. The number of hydrogen-bond donors (Lipinski definition) is 1. The Kier molecular flexibility index (Phi) is 4.79. The molecular formula is C12H18N2O2. The average Bonchev–Trinajstić information content (AvgIpc) is 2.26. The quantitative estimate of drug-likeness (QED) is 0.355. The van der Waals surface area contributed by atoms with E-state index in [4.69, 9.17) is 10.6 Å². The summed E-state index contributed by atoms with van der Waals surface area (Å²) in [6.45, 7) is 2.56. The van der Waals surface area contributed by atoms with Crippen LogP contribution in [0.3, 0.4) is 0 Å². The molecule has 1 amide bonds. The van der Waals surface area contributed by atoms with Crippen molar-refractivity contribution in [3.05, 3.63) is 29.8 Å². The zero-order valence-corrected chi connectivity index (χ0v) is 9.77. The first-order valence-corrected chi connectivity index (χ1v) is 5.30. The van der Waals surface area contributed by atoms with Crippen LogP contribution in [-0.2, 0) is 4.79 Å². The Morgan fingerprint density at radius 2 is 2.00 bits per heavy atom. The number of amides is 1. The van der Waals surface area contributed by atoms with Gasteiger partial charge in [0.25, 0.3) is 0 Å². The maximum absolute atomic E-state index is 11.1. The minimum absolute atomic E-state index is 0.0764. The topological polar surface area (TPSA) is 55.6 Å². The number of rotatable bonds is 5. The van der Waals surface area contributed by atoms with Gasteiger partial charge in [0.15, 0.2) is 0 Å². The molecule has 4 heteroatoms. The summed E-state index contributed by atoms with van der Waals surface area (Å²) in [6, 6.07) is 7.83. The van der Waals surface area contributed by atoms with Crippen LogP contribution in [-0.4, -0.2) is 24.6 Å². The zero-order chi connectivity index (χ0) is 12.0. The van der Waals surface area contributed by atoms with Crippen molar-refractivity contribution in [2.75, 3.05) is 13.7 Å². The molecule has 0 radical (unpaired) electrons. The maximum Gasteiger partial charge on any atom is 0.236 e. The van der Waals surface area contributed by atoms with E-state index in [2.05, 4.69) is 0 Å². The van der Waals surface area contributed by atoms with Crippen LogP contribution in [0.2, 0.25) is 0 Å². The Bertz CT molecular complexity index is 333. The molecule has 1 aromatic carbocycles. The van der Waals surface area contributed by atoms with Gasteiger partial charge in [-0.1, -0.05) is 17.7 Å². The third-order valence-electron chi connectivity index (χ3n) is 2.22. The molecule has 0 aliphatic carbocycles. The van der Waals surface area contributed by atoms with Crippen LogP contribution in [0, 0.1) is 6.92 Å². The van der Waals surface area contributed by atoms with Gasteiger partial charge in [-0.05, 0) is 25.5 Å². The standard InChI is InChI=1S/C12H18N2O2/c1-10-5-7-11(8-6-10)16-9-3-4-12(15)14(2)13/h5-8H,3-4,9,13H2,1-2H3. The van der Waals surface area contributed by atoms with Gasteiger partial charge < -0.3 is 4.74 Å². The molecule has 0 aliphatic rings. The molecule has 88 valence electrons. The van der Waals surface area contributed by atoms with Crippen molar-refractivity contribution in [3.63, 3.8) is 0 Å². The lowest BCUT2D eigenvalue weighted by Crippen LogP contribution is -2.33. The lowest BCUT2D eigenvalue weighted by molar-refractivity contribution is -0.130. The van der Waals surface area contributed by atoms with E-state index in [1.54, 1.807) is 7.05 Å². The van der Waals surface area contributed by atoms with Gasteiger partial charge in [-0.3, -0.25) is 9.80 Å². The Hall–Kier alpha value is -1.55. The summed E-state index contributed by atoms with van der Waals surface area (Å²) in [4.78, 5) is 11.1. The van der Waals surface area contributed by atoms with Crippen molar-refractivity contribution >= 4 is 5.91 Å². The second kappa shape index (κ2) is 6.12. The highest BCUT2D eigenvalue weighted by Gasteiger charge is 2.03. The second-order valence-corrected chi connectivity index (χ2v) is 3.77. The summed E-state index contributed by atoms with van der Waals surface area (Å²) in [5, 5.41) is 1.10. The van der Waals surface area contributed by atoms with Gasteiger partial charge in [0.05, 0.1) is 6.61 Å². The molecule has 2 N–H and O–H groups in total. The number of hydrazine groups is 1. The number of ether oxygens (including phenoxy) is 1. The summed E-state index contributed by atoms with van der Waals surface area (Å²) >= 11 is 0. The van der Waals surface area contributed by atoms with E-state index in [1.165, 1.54) is 5.56 Å². The van der Waals surface area contributed by atoms with Crippen LogP contribution < -0.4 is 10.6 Å². The number of aryl methyl sites for hydroxylation is 1. The van der Waals surface area contributed by atoms with E-state index in [9.17, 15) is 4.79 Å². The monoisotopic (exact) mass is 222 g/mol. The molecule has 0 saturated heterocycles. The van der Waals surface area contributed by atoms with Crippen LogP contribution in [0.15, 0.2) is 24.3 Å². The highest BCUT2D eigenvalue weighted by molar-refractivity contribution is 5.75. The molecule has 1 aromatic rings. The molecule has 0 aliphatic heterocycles. The molecular weight excluding hydrogens is 204 g/mol. The van der Waals surface area contributed by atoms with Crippen LogP contribution in [0.25, 0.3) is 0 Å². The van der Waals surface area contributed by atoms with Gasteiger partial charge >= 0.3 is 0 Å². The van der Waals surface area contributed by atoms with E-state index >= 15 is 0 Å². The van der Waals surface area contributed by atoms with Crippen LogP contribution in [0.1, 0.15) is 18.4 Å². The number of nitrogens with zero attached hydrogens (tertiary/aromatic N) is 1. The molecule has 16 heavy (non-hydrogen) atoms. The molecule has 0 heterocycles. The fourth-order valence-electron chi connectivity index (χ4n) is 1.22. The lowest BCUT2D eigenvalue weighted by Gasteiger charge is -2.10. The minimum Gasteiger partial charge on any atom is -0.494 e. The highest BCUT2D eigenvalue weighted by atomic mass is 16.5. The van der Waals surface area contributed by atoms with E-state index in [0.29, 0.717) is 19.4 Å². The largest absolute Gasteiger partial charge is 0.494 e. The first kappa shape index (κ1) is 12.5. The number of nitrogens with two attached hydrogens (primary N) is 1. The summed E-state index contributed by atoms with van der Waals surface area (Å²) in [6.07, 6.45) is 1.09. The molecule has 0 saturated carbocycles. The van der Waals surface area contributed by atoms with E-state index in [0.717, 1.165) is 10.8 Å².